The Morgan fingerprint density at radius 3 is 2.88 bits per heavy atom. The van der Waals surface area contributed by atoms with Crippen LogP contribution in [0, 0.1) is 0 Å². The number of carbonyl (C=O) groups excluding carboxylic acids is 1. The van der Waals surface area contributed by atoms with Crippen LogP contribution in [-0.2, 0) is 0 Å². The van der Waals surface area contributed by atoms with Crippen LogP contribution in [0.15, 0.2) is 32.7 Å². The van der Waals surface area contributed by atoms with E-state index >= 15 is 0 Å². The fourth-order valence-corrected chi connectivity index (χ4v) is 3.30. The van der Waals surface area contributed by atoms with E-state index in [-0.39, 0.29) is 12.5 Å². The zero-order chi connectivity index (χ0) is 12.3. The molecule has 0 bridgehead atoms. The van der Waals surface area contributed by atoms with Gasteiger partial charge in [0, 0.05) is 6.54 Å². The van der Waals surface area contributed by atoms with Crippen LogP contribution in [0.3, 0.4) is 0 Å². The van der Waals surface area contributed by atoms with Crippen LogP contribution < -0.4 is 5.32 Å². The summed E-state index contributed by atoms with van der Waals surface area (Å²) in [5.41, 5.74) is 0.836. The number of nitrogens with one attached hydrogen (secondary N) is 1. The molecule has 17 heavy (non-hydrogen) atoms. The highest BCUT2D eigenvalue weighted by Gasteiger charge is 2.12. The molecule has 0 radical (unpaired) electrons. The Bertz CT molecular complexity index is 495. The maximum atomic E-state index is 11.7. The van der Waals surface area contributed by atoms with E-state index < -0.39 is 6.10 Å². The van der Waals surface area contributed by atoms with E-state index in [0.29, 0.717) is 4.88 Å². The fraction of sp³-hybridized carbons (Fsp3) is 0.182. The topological polar surface area (TPSA) is 49.3 Å². The first kappa shape index (κ1) is 12.8. The molecule has 3 nitrogen and oxygen atoms in total. The standard InChI is InChI=1S/C11H10BrNO2S2/c12-10-2-1-9(17-10)11(15)13-5-8(14)7-3-4-16-6-7/h1-4,6,8,14H,5H2,(H,13,15)/t8-/m1/s1. The highest BCUT2D eigenvalue weighted by Crippen LogP contribution is 2.22. The van der Waals surface area contributed by atoms with Gasteiger partial charge in [-0.3, -0.25) is 4.79 Å². The first-order chi connectivity index (χ1) is 8.16. The van der Waals surface area contributed by atoms with Crippen molar-refractivity contribution in [3.05, 3.63) is 43.2 Å². The van der Waals surface area contributed by atoms with E-state index in [4.69, 9.17) is 0 Å². The van der Waals surface area contributed by atoms with Crippen molar-refractivity contribution < 1.29 is 9.90 Å². The largest absolute Gasteiger partial charge is 0.387 e. The number of aliphatic hydroxyl groups is 1. The lowest BCUT2D eigenvalue weighted by Gasteiger charge is -2.09. The Labute approximate surface area is 115 Å². The molecule has 2 rings (SSSR count). The van der Waals surface area contributed by atoms with E-state index in [9.17, 15) is 9.90 Å². The van der Waals surface area contributed by atoms with Gasteiger partial charge in [0.1, 0.15) is 0 Å². The van der Waals surface area contributed by atoms with Crippen LogP contribution in [0.4, 0.5) is 0 Å². The SMILES string of the molecule is O=C(NC[C@@H](O)c1ccsc1)c1ccc(Br)s1. The Hall–Kier alpha value is -0.690. The summed E-state index contributed by atoms with van der Waals surface area (Å²) < 4.78 is 0.918. The Morgan fingerprint density at radius 1 is 1.47 bits per heavy atom. The number of carbonyl (C=O) groups is 1. The molecule has 2 N–H and O–H groups in total. The van der Waals surface area contributed by atoms with E-state index in [1.54, 1.807) is 6.07 Å². The van der Waals surface area contributed by atoms with Gasteiger partial charge in [0.15, 0.2) is 0 Å². The molecule has 0 saturated heterocycles. The predicted molar refractivity (Wildman–Crippen MR) is 73.6 cm³/mol. The molecule has 0 unspecified atom stereocenters. The summed E-state index contributed by atoms with van der Waals surface area (Å²) >= 11 is 6.20. The molecule has 1 atom stereocenters. The van der Waals surface area contributed by atoms with Crippen molar-refractivity contribution in [3.63, 3.8) is 0 Å². The average Bonchev–Trinajstić information content (AvgIpc) is 2.95. The van der Waals surface area contributed by atoms with Gasteiger partial charge >= 0.3 is 0 Å². The molecule has 6 heteroatoms. The Balaban J connectivity index is 1.88. The molecule has 2 aromatic rings. The maximum absolute atomic E-state index is 11.7. The lowest BCUT2D eigenvalue weighted by atomic mass is 10.2. The first-order valence-electron chi connectivity index (χ1n) is 4.90. The monoisotopic (exact) mass is 331 g/mol. The van der Waals surface area contributed by atoms with Gasteiger partial charge in [0.25, 0.3) is 5.91 Å². The molecule has 0 aromatic carbocycles. The normalized spacial score (nSPS) is 12.4. The van der Waals surface area contributed by atoms with Crippen molar-refractivity contribution in [2.45, 2.75) is 6.10 Å². The zero-order valence-corrected chi connectivity index (χ0v) is 11.9. The number of halogens is 1. The Morgan fingerprint density at radius 2 is 2.29 bits per heavy atom. The Kier molecular flexibility index (Phi) is 4.33. The number of aliphatic hydroxyl groups excluding tert-OH is 1. The van der Waals surface area contributed by atoms with Gasteiger partial charge in [-0.05, 0) is 50.5 Å². The van der Waals surface area contributed by atoms with Gasteiger partial charge in [0.05, 0.1) is 14.8 Å². The maximum Gasteiger partial charge on any atom is 0.261 e. The molecular weight excluding hydrogens is 322 g/mol. The average molecular weight is 332 g/mol. The van der Waals surface area contributed by atoms with Crippen LogP contribution in [0.5, 0.6) is 0 Å². The van der Waals surface area contributed by atoms with E-state index in [1.165, 1.54) is 22.7 Å². The molecule has 0 fully saturated rings. The molecule has 0 aliphatic rings. The molecule has 0 aliphatic heterocycles. The van der Waals surface area contributed by atoms with Crippen molar-refractivity contribution in [1.29, 1.82) is 0 Å². The summed E-state index contributed by atoms with van der Waals surface area (Å²) in [5.74, 6) is -0.157. The predicted octanol–water partition coefficient (Wildman–Crippen LogP) is 3.04. The number of rotatable bonds is 4. The molecule has 2 aromatic heterocycles. The second kappa shape index (κ2) is 5.77. The molecule has 0 saturated carbocycles. The lowest BCUT2D eigenvalue weighted by molar-refractivity contribution is 0.0920. The zero-order valence-electron chi connectivity index (χ0n) is 8.72. The number of thiophene rings is 2. The third-order valence-corrected chi connectivity index (χ3v) is 4.50. The summed E-state index contributed by atoms with van der Waals surface area (Å²) in [4.78, 5) is 12.3. The first-order valence-corrected chi connectivity index (χ1v) is 7.46. The minimum atomic E-state index is -0.645. The van der Waals surface area contributed by atoms with Gasteiger partial charge in [-0.15, -0.1) is 11.3 Å². The third-order valence-electron chi connectivity index (χ3n) is 2.18. The van der Waals surface area contributed by atoms with Gasteiger partial charge in [-0.25, -0.2) is 0 Å². The summed E-state index contributed by atoms with van der Waals surface area (Å²) in [5, 5.41) is 16.3. The van der Waals surface area contributed by atoms with Gasteiger partial charge < -0.3 is 10.4 Å². The van der Waals surface area contributed by atoms with Crippen LogP contribution in [0.2, 0.25) is 0 Å². The second-order valence-electron chi connectivity index (χ2n) is 3.39. The van der Waals surface area contributed by atoms with Crippen LogP contribution >= 0.6 is 38.6 Å². The highest BCUT2D eigenvalue weighted by molar-refractivity contribution is 9.11. The lowest BCUT2D eigenvalue weighted by Crippen LogP contribution is -2.27. The van der Waals surface area contributed by atoms with Crippen molar-refractivity contribution >= 4 is 44.5 Å². The second-order valence-corrected chi connectivity index (χ2v) is 6.63. The molecule has 0 spiro atoms. The van der Waals surface area contributed by atoms with Crippen LogP contribution in [0.1, 0.15) is 21.3 Å². The summed E-state index contributed by atoms with van der Waals surface area (Å²) in [6.07, 6.45) is -0.645. The van der Waals surface area contributed by atoms with E-state index in [0.717, 1.165) is 9.35 Å². The third kappa shape index (κ3) is 3.38. The number of amides is 1. The highest BCUT2D eigenvalue weighted by atomic mass is 79.9. The fourth-order valence-electron chi connectivity index (χ4n) is 1.30. The van der Waals surface area contributed by atoms with Crippen molar-refractivity contribution in [2.24, 2.45) is 0 Å². The minimum absolute atomic E-state index is 0.157. The molecule has 2 heterocycles. The van der Waals surface area contributed by atoms with Gasteiger partial charge in [0.2, 0.25) is 0 Å². The van der Waals surface area contributed by atoms with Crippen molar-refractivity contribution in [3.8, 4) is 0 Å². The molecule has 0 aliphatic carbocycles. The van der Waals surface area contributed by atoms with Gasteiger partial charge in [-0.1, -0.05) is 0 Å². The van der Waals surface area contributed by atoms with E-state index in [1.807, 2.05) is 22.9 Å². The minimum Gasteiger partial charge on any atom is -0.387 e. The van der Waals surface area contributed by atoms with Crippen LogP contribution in [0.25, 0.3) is 0 Å². The molecule has 1 amide bonds. The summed E-state index contributed by atoms with van der Waals surface area (Å²) in [6.45, 7) is 0.227. The van der Waals surface area contributed by atoms with E-state index in [2.05, 4.69) is 21.2 Å². The smallest absolute Gasteiger partial charge is 0.261 e. The van der Waals surface area contributed by atoms with Crippen molar-refractivity contribution in [1.82, 2.24) is 5.32 Å². The number of hydrogen-bond donors (Lipinski definition) is 2. The molecule has 90 valence electrons. The summed E-state index contributed by atoms with van der Waals surface area (Å²) in [6, 6.07) is 5.43. The van der Waals surface area contributed by atoms with Gasteiger partial charge in [-0.2, -0.15) is 11.3 Å². The van der Waals surface area contributed by atoms with Crippen molar-refractivity contribution in [2.75, 3.05) is 6.54 Å². The number of hydrogen-bond acceptors (Lipinski definition) is 4. The quantitative estimate of drug-likeness (QED) is 0.904. The summed E-state index contributed by atoms with van der Waals surface area (Å²) in [7, 11) is 0. The molecular formula is C11H10BrNO2S2. The van der Waals surface area contributed by atoms with Crippen LogP contribution in [-0.4, -0.2) is 17.6 Å².